The Morgan fingerprint density at radius 2 is 0.884 bits per heavy atom. The molecule has 0 aromatic heterocycles. The van der Waals surface area contributed by atoms with E-state index in [4.69, 9.17) is 0 Å². The lowest BCUT2D eigenvalue weighted by molar-refractivity contribution is 0.487. The Balaban J connectivity index is 1.56. The van der Waals surface area contributed by atoms with Crippen molar-refractivity contribution in [3.05, 3.63) is 91.0 Å². The Morgan fingerprint density at radius 1 is 0.465 bits per heavy atom. The van der Waals surface area contributed by atoms with E-state index in [0.717, 1.165) is 11.3 Å². The molecule has 2 aliphatic carbocycles. The largest absolute Gasteiger partial charge is 0.378 e. The normalized spacial score (nSPS) is 16.4. The molecule has 4 aromatic carbocycles. The average molecular weight is 589 g/mol. The van der Waals surface area contributed by atoms with Gasteiger partial charge in [0.1, 0.15) is 0 Å². The molecule has 0 saturated heterocycles. The molecule has 6 rings (SSSR count). The zero-order chi connectivity index (χ0) is 29.8. The molecule has 0 spiro atoms. The predicted molar refractivity (Wildman–Crippen MR) is 192 cm³/mol. The van der Waals surface area contributed by atoms with Crippen LogP contribution in [0.3, 0.4) is 0 Å². The van der Waals surface area contributed by atoms with Gasteiger partial charge in [0.2, 0.25) is 0 Å². The van der Waals surface area contributed by atoms with Crippen LogP contribution in [-0.2, 0) is 0 Å². The van der Waals surface area contributed by atoms with Gasteiger partial charge in [-0.2, -0.15) is 0 Å². The summed E-state index contributed by atoms with van der Waals surface area (Å²) in [6.45, 7) is 0. The van der Waals surface area contributed by atoms with Crippen molar-refractivity contribution in [1.82, 2.24) is 0 Å². The van der Waals surface area contributed by atoms with Crippen molar-refractivity contribution in [2.45, 2.75) is 75.5 Å². The van der Waals surface area contributed by atoms with Crippen LogP contribution >= 0.6 is 7.92 Å². The fourth-order valence-corrected chi connectivity index (χ4v) is 11.5. The summed E-state index contributed by atoms with van der Waals surface area (Å²) >= 11 is 0. The van der Waals surface area contributed by atoms with Crippen LogP contribution in [0.4, 0.5) is 11.4 Å². The van der Waals surface area contributed by atoms with E-state index in [2.05, 4.69) is 129 Å². The Labute approximate surface area is 261 Å². The minimum atomic E-state index is -0.240. The monoisotopic (exact) mass is 588 g/mol. The molecule has 2 fully saturated rings. The van der Waals surface area contributed by atoms with Crippen molar-refractivity contribution in [2.24, 2.45) is 0 Å². The highest BCUT2D eigenvalue weighted by atomic mass is 31.1. The molecule has 0 N–H and O–H groups in total. The second-order valence-corrected chi connectivity index (χ2v) is 15.9. The molecule has 0 heterocycles. The maximum Gasteiger partial charge on any atom is 0.0361 e. The molecule has 0 aliphatic heterocycles. The van der Waals surface area contributed by atoms with Gasteiger partial charge in [0.05, 0.1) is 0 Å². The number of hydrogen-bond acceptors (Lipinski definition) is 2. The van der Waals surface area contributed by atoms with Crippen LogP contribution in [0.5, 0.6) is 0 Å². The summed E-state index contributed by atoms with van der Waals surface area (Å²) in [5.74, 6) is 0. The van der Waals surface area contributed by atoms with Crippen molar-refractivity contribution < 1.29 is 0 Å². The zero-order valence-electron chi connectivity index (χ0n) is 26.7. The fourth-order valence-electron chi connectivity index (χ4n) is 7.52. The van der Waals surface area contributed by atoms with Crippen LogP contribution in [0, 0.1) is 0 Å². The lowest BCUT2D eigenvalue weighted by atomic mass is 9.87. The van der Waals surface area contributed by atoms with Gasteiger partial charge in [-0.25, -0.2) is 0 Å². The first-order valence-electron chi connectivity index (χ1n) is 16.6. The second-order valence-electron chi connectivity index (χ2n) is 13.1. The Kier molecular flexibility index (Phi) is 9.54. The molecule has 4 aromatic rings. The van der Waals surface area contributed by atoms with Gasteiger partial charge in [0, 0.05) is 39.6 Å². The van der Waals surface area contributed by atoms with Gasteiger partial charge in [-0.3, -0.25) is 0 Å². The first kappa shape index (κ1) is 30.0. The fraction of sp³-hybridized carbons (Fsp3) is 0.400. The van der Waals surface area contributed by atoms with Crippen molar-refractivity contribution in [3.8, 4) is 33.4 Å². The number of rotatable bonds is 8. The molecule has 3 heteroatoms. The smallest absolute Gasteiger partial charge is 0.0361 e. The summed E-state index contributed by atoms with van der Waals surface area (Å²) in [6, 6.07) is 34.9. The van der Waals surface area contributed by atoms with E-state index < -0.39 is 0 Å². The second kappa shape index (κ2) is 13.7. The van der Waals surface area contributed by atoms with E-state index >= 15 is 0 Å². The maximum absolute atomic E-state index is 2.54. The van der Waals surface area contributed by atoms with Gasteiger partial charge in [-0.05, 0) is 100.0 Å². The molecule has 0 amide bonds. The molecule has 2 nitrogen and oxygen atoms in total. The summed E-state index contributed by atoms with van der Waals surface area (Å²) < 4.78 is 0. The van der Waals surface area contributed by atoms with Crippen LogP contribution in [0.2, 0.25) is 0 Å². The summed E-state index contributed by atoms with van der Waals surface area (Å²) in [7, 11) is 8.23. The molecule has 2 aliphatic rings. The van der Waals surface area contributed by atoms with Crippen molar-refractivity contribution in [3.63, 3.8) is 0 Å². The molecule has 0 radical (unpaired) electrons. The quantitative estimate of drug-likeness (QED) is 0.189. The van der Waals surface area contributed by atoms with Crippen molar-refractivity contribution in [1.29, 1.82) is 0 Å². The molecular formula is C40H49N2P. The highest BCUT2D eigenvalue weighted by molar-refractivity contribution is 7.67. The lowest BCUT2D eigenvalue weighted by Gasteiger charge is -2.40. The lowest BCUT2D eigenvalue weighted by Crippen LogP contribution is -2.27. The van der Waals surface area contributed by atoms with Gasteiger partial charge >= 0.3 is 0 Å². The summed E-state index contributed by atoms with van der Waals surface area (Å²) in [5.41, 5.74) is 12.4. The van der Waals surface area contributed by atoms with E-state index in [1.807, 2.05) is 0 Å². The van der Waals surface area contributed by atoms with E-state index in [1.54, 1.807) is 5.30 Å². The first-order chi connectivity index (χ1) is 21.0. The molecule has 43 heavy (non-hydrogen) atoms. The maximum atomic E-state index is 2.54. The van der Waals surface area contributed by atoms with Gasteiger partial charge in [0.15, 0.2) is 0 Å². The SMILES string of the molecule is CN(C)c1ccc(-c2cccc(-c3ccc(N(C)C)cc3)c2-c2ccccc2P(C2CCCCC2)C2CCCCC2)cc1. The van der Waals surface area contributed by atoms with Crippen LogP contribution in [0.1, 0.15) is 64.2 Å². The van der Waals surface area contributed by atoms with Gasteiger partial charge in [-0.1, -0.05) is 113 Å². The number of benzene rings is 4. The standard InChI is InChI=1S/C40H49N2P/c1-41(2)32-26-22-30(23-27-32)36-19-13-20-37(31-24-28-33(29-25-31)42(3)4)40(36)38-18-11-12-21-39(38)43(34-14-7-5-8-15-34)35-16-9-6-10-17-35/h11-13,18-29,34-35H,5-10,14-17H2,1-4H3. The minimum Gasteiger partial charge on any atom is -0.378 e. The van der Waals surface area contributed by atoms with E-state index in [9.17, 15) is 0 Å². The number of anilines is 2. The predicted octanol–water partition coefficient (Wildman–Crippen LogP) is 10.6. The minimum absolute atomic E-state index is 0.240. The van der Waals surface area contributed by atoms with Crippen LogP contribution in [0.25, 0.3) is 33.4 Å². The number of nitrogens with zero attached hydrogens (tertiary/aromatic N) is 2. The van der Waals surface area contributed by atoms with E-state index in [1.165, 1.54) is 109 Å². The third kappa shape index (κ3) is 6.56. The van der Waals surface area contributed by atoms with Gasteiger partial charge in [-0.15, -0.1) is 0 Å². The zero-order valence-corrected chi connectivity index (χ0v) is 27.6. The Morgan fingerprint density at radius 3 is 1.33 bits per heavy atom. The van der Waals surface area contributed by atoms with Crippen molar-refractivity contribution >= 4 is 24.6 Å². The Bertz CT molecular complexity index is 1390. The first-order valence-corrected chi connectivity index (χ1v) is 18.1. The molecule has 0 unspecified atom stereocenters. The molecular weight excluding hydrogens is 539 g/mol. The van der Waals surface area contributed by atoms with E-state index in [-0.39, 0.29) is 7.92 Å². The third-order valence-corrected chi connectivity index (χ3v) is 13.4. The average Bonchev–Trinajstić information content (AvgIpc) is 3.06. The summed E-state index contributed by atoms with van der Waals surface area (Å²) in [4.78, 5) is 4.37. The van der Waals surface area contributed by atoms with Gasteiger partial charge < -0.3 is 9.80 Å². The van der Waals surface area contributed by atoms with Crippen LogP contribution in [0.15, 0.2) is 91.0 Å². The van der Waals surface area contributed by atoms with E-state index in [0.29, 0.717) is 0 Å². The number of hydrogen-bond donors (Lipinski definition) is 0. The topological polar surface area (TPSA) is 6.48 Å². The molecule has 0 bridgehead atoms. The summed E-state index contributed by atoms with van der Waals surface area (Å²) in [6.07, 6.45) is 14.2. The third-order valence-electron chi connectivity index (χ3n) is 9.84. The molecule has 224 valence electrons. The molecule has 2 saturated carbocycles. The molecule has 0 atom stereocenters. The highest BCUT2D eigenvalue weighted by Gasteiger charge is 2.34. The summed E-state index contributed by atoms with van der Waals surface area (Å²) in [5, 5.41) is 1.67. The van der Waals surface area contributed by atoms with Crippen LogP contribution in [-0.4, -0.2) is 39.5 Å². The van der Waals surface area contributed by atoms with Gasteiger partial charge in [0.25, 0.3) is 0 Å². The van der Waals surface area contributed by atoms with Crippen molar-refractivity contribution in [2.75, 3.05) is 38.0 Å². The van der Waals surface area contributed by atoms with Crippen LogP contribution < -0.4 is 15.1 Å². The highest BCUT2D eigenvalue weighted by Crippen LogP contribution is 2.57. The Hall–Kier alpha value is -3.09.